The second-order valence-electron chi connectivity index (χ2n) is 9.55. The van der Waals surface area contributed by atoms with Crippen molar-refractivity contribution >= 4 is 34.1 Å². The molecular formula is C32H32Cl2FN. The molecule has 0 amide bonds. The Morgan fingerprint density at radius 3 is 2.33 bits per heavy atom. The maximum atomic E-state index is 13.6. The molecular weight excluding hydrogens is 488 g/mol. The number of aromatic nitrogens is 1. The molecule has 0 N–H and O–H groups in total. The molecule has 1 nitrogen and oxygen atoms in total. The van der Waals surface area contributed by atoms with Gasteiger partial charge in [-0.3, -0.25) is 0 Å². The van der Waals surface area contributed by atoms with E-state index in [0.29, 0.717) is 10.0 Å². The summed E-state index contributed by atoms with van der Waals surface area (Å²) in [5.74, 6) is -0.0989. The number of nitrogens with zero attached hydrogens (tertiary/aromatic N) is 1. The molecule has 4 aromatic rings. The molecule has 0 aliphatic carbocycles. The van der Waals surface area contributed by atoms with Crippen molar-refractivity contribution in [1.82, 2.24) is 4.98 Å². The van der Waals surface area contributed by atoms with Gasteiger partial charge in [0.15, 0.2) is 0 Å². The lowest BCUT2D eigenvalue weighted by Gasteiger charge is -2.16. The van der Waals surface area contributed by atoms with Crippen LogP contribution in [0.1, 0.15) is 69.1 Å². The van der Waals surface area contributed by atoms with Crippen LogP contribution in [0, 0.1) is 5.82 Å². The summed E-state index contributed by atoms with van der Waals surface area (Å²) in [4.78, 5) is 5.04. The largest absolute Gasteiger partial charge is 0.248 e. The third-order valence-electron chi connectivity index (χ3n) is 6.74. The molecule has 0 saturated carbocycles. The van der Waals surface area contributed by atoms with E-state index in [9.17, 15) is 4.39 Å². The Morgan fingerprint density at radius 1 is 0.917 bits per heavy atom. The first-order chi connectivity index (χ1) is 17.3. The highest BCUT2D eigenvalue weighted by Crippen LogP contribution is 2.33. The monoisotopic (exact) mass is 519 g/mol. The summed E-state index contributed by atoms with van der Waals surface area (Å²) in [5, 5.41) is 2.39. The van der Waals surface area contributed by atoms with Crippen LogP contribution in [0.15, 0.2) is 78.4 Å². The third-order valence-corrected chi connectivity index (χ3v) is 7.18. The van der Waals surface area contributed by atoms with Crippen LogP contribution in [0.5, 0.6) is 0 Å². The Morgan fingerprint density at radius 2 is 1.64 bits per heavy atom. The number of aryl methyl sites for hydroxylation is 1. The van der Waals surface area contributed by atoms with Gasteiger partial charge in [-0.1, -0.05) is 54.8 Å². The van der Waals surface area contributed by atoms with Crippen LogP contribution < -0.4 is 0 Å². The zero-order valence-corrected chi connectivity index (χ0v) is 22.6. The van der Waals surface area contributed by atoms with Gasteiger partial charge < -0.3 is 0 Å². The van der Waals surface area contributed by atoms with Gasteiger partial charge in [0.25, 0.3) is 0 Å². The lowest BCUT2D eigenvalue weighted by atomic mass is 9.91. The Balaban J connectivity index is 1.68. The van der Waals surface area contributed by atoms with Crippen molar-refractivity contribution in [2.45, 2.75) is 58.8 Å². The predicted octanol–water partition coefficient (Wildman–Crippen LogP) is 10.6. The Bertz CT molecular complexity index is 1360. The molecule has 186 valence electrons. The van der Waals surface area contributed by atoms with E-state index < -0.39 is 0 Å². The van der Waals surface area contributed by atoms with Crippen LogP contribution >= 0.6 is 23.2 Å². The molecule has 1 aromatic heterocycles. The van der Waals surface area contributed by atoms with Crippen molar-refractivity contribution in [2.75, 3.05) is 0 Å². The van der Waals surface area contributed by atoms with Crippen LogP contribution in [0.2, 0.25) is 10.0 Å². The molecule has 0 saturated heterocycles. The summed E-state index contributed by atoms with van der Waals surface area (Å²) in [6, 6.07) is 21.0. The number of pyridine rings is 1. The zero-order valence-electron chi connectivity index (χ0n) is 21.1. The molecule has 4 rings (SSSR count). The molecule has 36 heavy (non-hydrogen) atoms. The highest BCUT2D eigenvalue weighted by molar-refractivity contribution is 6.34. The number of hydrogen-bond donors (Lipinski definition) is 0. The highest BCUT2D eigenvalue weighted by Gasteiger charge is 2.14. The first-order valence-corrected chi connectivity index (χ1v) is 13.4. The number of halogens is 3. The lowest BCUT2D eigenvalue weighted by Crippen LogP contribution is -1.99. The van der Waals surface area contributed by atoms with E-state index in [4.69, 9.17) is 28.2 Å². The second-order valence-corrected chi connectivity index (χ2v) is 10.4. The van der Waals surface area contributed by atoms with Gasteiger partial charge in [0.1, 0.15) is 5.82 Å². The van der Waals surface area contributed by atoms with Crippen molar-refractivity contribution < 1.29 is 4.39 Å². The van der Waals surface area contributed by atoms with E-state index in [-0.39, 0.29) is 11.7 Å². The van der Waals surface area contributed by atoms with Crippen LogP contribution in [-0.4, -0.2) is 4.98 Å². The molecule has 0 fully saturated rings. The standard InChI is InChI=1S/C32H32Cl2FN/c1-4-7-21(2)8-5-6-9-25-17-27-16-24(22(3)26-18-28(33)20-29(34)19-26)12-15-31(27)36-32(25)23-10-13-30(35)14-11-23/h7,10-20,22H,4-6,8-9H2,1-3H3/b21-7-. The molecule has 1 unspecified atom stereocenters. The molecule has 0 radical (unpaired) electrons. The predicted molar refractivity (Wildman–Crippen MR) is 153 cm³/mol. The molecule has 1 atom stereocenters. The summed E-state index contributed by atoms with van der Waals surface area (Å²) in [6.07, 6.45) is 7.64. The van der Waals surface area contributed by atoms with E-state index in [1.807, 2.05) is 24.3 Å². The number of rotatable bonds is 9. The van der Waals surface area contributed by atoms with Crippen molar-refractivity contribution in [1.29, 1.82) is 0 Å². The van der Waals surface area contributed by atoms with E-state index in [1.165, 1.54) is 28.8 Å². The Labute approximate surface area is 224 Å². The fraction of sp³-hybridized carbons (Fsp3) is 0.281. The maximum absolute atomic E-state index is 13.6. The Hall–Kier alpha value is -2.68. The maximum Gasteiger partial charge on any atom is 0.123 e. The van der Waals surface area contributed by atoms with Gasteiger partial charge >= 0.3 is 0 Å². The molecule has 0 spiro atoms. The van der Waals surface area contributed by atoms with Crippen LogP contribution in [0.25, 0.3) is 22.2 Å². The zero-order chi connectivity index (χ0) is 25.7. The normalized spacial score (nSPS) is 12.8. The van der Waals surface area contributed by atoms with Gasteiger partial charge in [-0.05, 0) is 116 Å². The van der Waals surface area contributed by atoms with Gasteiger partial charge in [-0.2, -0.15) is 0 Å². The summed E-state index contributed by atoms with van der Waals surface area (Å²) < 4.78 is 13.6. The average Bonchev–Trinajstić information content (AvgIpc) is 2.85. The molecule has 0 aliphatic rings. The quantitative estimate of drug-likeness (QED) is 0.158. The van der Waals surface area contributed by atoms with Crippen molar-refractivity contribution in [2.24, 2.45) is 0 Å². The van der Waals surface area contributed by atoms with E-state index >= 15 is 0 Å². The van der Waals surface area contributed by atoms with E-state index in [2.05, 4.69) is 51.1 Å². The molecule has 0 bridgehead atoms. The topological polar surface area (TPSA) is 12.9 Å². The fourth-order valence-electron chi connectivity index (χ4n) is 4.74. The summed E-state index contributed by atoms with van der Waals surface area (Å²) >= 11 is 12.5. The van der Waals surface area contributed by atoms with E-state index in [0.717, 1.165) is 59.8 Å². The summed E-state index contributed by atoms with van der Waals surface area (Å²) in [5.41, 5.74) is 7.73. The minimum atomic E-state index is -0.237. The minimum Gasteiger partial charge on any atom is -0.248 e. The van der Waals surface area contributed by atoms with Gasteiger partial charge in [0.2, 0.25) is 0 Å². The number of allylic oxidation sites excluding steroid dienone is 2. The third kappa shape index (κ3) is 6.55. The van der Waals surface area contributed by atoms with Crippen LogP contribution in [0.4, 0.5) is 4.39 Å². The lowest BCUT2D eigenvalue weighted by molar-refractivity contribution is 0.628. The van der Waals surface area contributed by atoms with Crippen molar-refractivity contribution in [3.63, 3.8) is 0 Å². The number of hydrogen-bond acceptors (Lipinski definition) is 1. The number of unbranched alkanes of at least 4 members (excludes halogenated alkanes) is 1. The number of benzene rings is 3. The fourth-order valence-corrected chi connectivity index (χ4v) is 5.29. The first kappa shape index (κ1) is 26.4. The summed E-state index contributed by atoms with van der Waals surface area (Å²) in [6.45, 7) is 6.55. The van der Waals surface area contributed by atoms with Crippen molar-refractivity contribution in [3.8, 4) is 11.3 Å². The molecule has 1 heterocycles. The van der Waals surface area contributed by atoms with Gasteiger partial charge in [-0.25, -0.2) is 9.37 Å². The average molecular weight is 521 g/mol. The molecule has 0 aliphatic heterocycles. The number of fused-ring (bicyclic) bond motifs is 1. The molecule has 3 aromatic carbocycles. The van der Waals surface area contributed by atoms with Gasteiger partial charge in [-0.15, -0.1) is 0 Å². The first-order valence-electron chi connectivity index (χ1n) is 12.6. The highest BCUT2D eigenvalue weighted by atomic mass is 35.5. The minimum absolute atomic E-state index is 0.138. The van der Waals surface area contributed by atoms with Gasteiger partial charge in [0, 0.05) is 26.9 Å². The van der Waals surface area contributed by atoms with E-state index in [1.54, 1.807) is 6.07 Å². The van der Waals surface area contributed by atoms with Gasteiger partial charge in [0.05, 0.1) is 11.2 Å². The van der Waals surface area contributed by atoms with Crippen molar-refractivity contribution in [3.05, 3.63) is 111 Å². The van der Waals surface area contributed by atoms with Crippen LogP contribution in [0.3, 0.4) is 0 Å². The smallest absolute Gasteiger partial charge is 0.123 e. The Kier molecular flexibility index (Phi) is 8.82. The summed E-state index contributed by atoms with van der Waals surface area (Å²) in [7, 11) is 0. The van der Waals surface area contributed by atoms with Crippen LogP contribution in [-0.2, 0) is 6.42 Å². The molecule has 4 heteroatoms. The SMILES string of the molecule is CC/C=C(/C)CCCCc1cc2cc(C(C)c3cc(Cl)cc(Cl)c3)ccc2nc1-c1ccc(F)cc1. The second kappa shape index (κ2) is 12.0.